The lowest BCUT2D eigenvalue weighted by atomic mass is 9.76. The summed E-state index contributed by atoms with van der Waals surface area (Å²) in [6.07, 6.45) is 0.937. The zero-order valence-electron chi connectivity index (χ0n) is 30.1. The number of hydrogen-bond donors (Lipinski definition) is 4. The largest absolute Gasteiger partial charge is 0.506 e. The van der Waals surface area contributed by atoms with Gasteiger partial charge in [-0.05, 0) is 84.2 Å². The molecule has 1 unspecified atom stereocenters. The van der Waals surface area contributed by atoms with Crippen LogP contribution in [0.5, 0.6) is 28.7 Å². The predicted molar refractivity (Wildman–Crippen MR) is 198 cm³/mol. The van der Waals surface area contributed by atoms with Gasteiger partial charge < -0.3 is 35.3 Å². The van der Waals surface area contributed by atoms with Gasteiger partial charge in [-0.2, -0.15) is 0 Å². The quantitative estimate of drug-likeness (QED) is 0.0979. The van der Waals surface area contributed by atoms with Gasteiger partial charge >= 0.3 is 6.03 Å². The van der Waals surface area contributed by atoms with Gasteiger partial charge in [0.1, 0.15) is 23.0 Å². The van der Waals surface area contributed by atoms with E-state index in [0.717, 1.165) is 18.4 Å². The number of aromatic hydroxyl groups is 1. The zero-order chi connectivity index (χ0) is 36.6. The summed E-state index contributed by atoms with van der Waals surface area (Å²) in [7, 11) is 1.56. The van der Waals surface area contributed by atoms with Crippen LogP contribution in [0.3, 0.4) is 0 Å². The van der Waals surface area contributed by atoms with Crippen molar-refractivity contribution in [3.63, 3.8) is 0 Å². The van der Waals surface area contributed by atoms with Gasteiger partial charge in [-0.15, -0.1) is 5.73 Å². The highest BCUT2D eigenvalue weighted by molar-refractivity contribution is 6.02. The molecule has 0 saturated heterocycles. The number of ether oxygens (including phenoxy) is 3. The summed E-state index contributed by atoms with van der Waals surface area (Å²) in [4.78, 5) is 26.5. The Bertz CT molecular complexity index is 1790. The topological polar surface area (TPSA) is 140 Å². The smallest absolute Gasteiger partial charge is 0.323 e. The van der Waals surface area contributed by atoms with Crippen LogP contribution in [0.15, 0.2) is 78.9 Å². The third-order valence-corrected chi connectivity index (χ3v) is 9.22. The van der Waals surface area contributed by atoms with Crippen LogP contribution in [0.1, 0.15) is 78.0 Å². The number of hydrogen-bond acceptors (Lipinski definition) is 6. The molecule has 264 valence electrons. The lowest BCUT2D eigenvalue weighted by molar-refractivity contribution is -0.122. The van der Waals surface area contributed by atoms with Crippen molar-refractivity contribution in [1.29, 1.82) is 0 Å². The fraction of sp³-hybridized carbons (Fsp3) is 0.350. The minimum absolute atomic E-state index is 0.0179. The third kappa shape index (κ3) is 9.26. The number of methoxy groups -OCH3 is 1. The minimum atomic E-state index is -0.914. The van der Waals surface area contributed by atoms with E-state index in [0.29, 0.717) is 28.5 Å². The van der Waals surface area contributed by atoms with Gasteiger partial charge in [-0.1, -0.05) is 65.8 Å². The Labute approximate surface area is 295 Å². The number of nitrogens with one attached hydrogen (secondary N) is 3. The number of phenolic OH excluding ortho intramolecular Hbond substituents is 1. The number of benzene rings is 4. The maximum atomic E-state index is 13.6. The molecule has 4 N–H and O–H groups in total. The highest BCUT2D eigenvalue weighted by Gasteiger charge is 2.28. The van der Waals surface area contributed by atoms with Crippen LogP contribution in [0, 0.1) is 0 Å². The molecule has 0 spiro atoms. The molecule has 0 aromatic heterocycles. The fourth-order valence-corrected chi connectivity index (χ4v) is 5.06. The highest BCUT2D eigenvalue weighted by Crippen LogP contribution is 2.41. The molecule has 0 aliphatic rings. The Morgan fingerprint density at radius 2 is 1.42 bits per heavy atom. The van der Waals surface area contributed by atoms with Gasteiger partial charge in [0, 0.05) is 23.4 Å². The summed E-state index contributed by atoms with van der Waals surface area (Å²) in [5, 5.41) is 19.1. The Morgan fingerprint density at radius 3 is 2.02 bits per heavy atom. The first-order valence-electron chi connectivity index (χ1n) is 16.8. The van der Waals surface area contributed by atoms with Gasteiger partial charge in [-0.3, -0.25) is 4.79 Å². The number of phenols is 1. The molecule has 0 fully saturated rings. The van der Waals surface area contributed by atoms with Crippen LogP contribution in [-0.2, 0) is 22.2 Å². The summed E-state index contributed by atoms with van der Waals surface area (Å²) >= 11 is 0. The summed E-state index contributed by atoms with van der Waals surface area (Å²) in [5.41, 5.74) is 12.7. The summed E-state index contributed by atoms with van der Waals surface area (Å²) in [6, 6.07) is 21.8. The summed E-state index contributed by atoms with van der Waals surface area (Å²) in [6.45, 7) is 14.6. The molecule has 2 radical (unpaired) electrons. The van der Waals surface area contributed by atoms with Crippen LogP contribution in [0.4, 0.5) is 21.9 Å². The maximum Gasteiger partial charge on any atom is 0.323 e. The summed E-state index contributed by atoms with van der Waals surface area (Å²) in [5.74, 6) is 1.08. The van der Waals surface area contributed by atoms with Crippen molar-refractivity contribution in [3.05, 3.63) is 95.6 Å². The Kier molecular flexibility index (Phi) is 12.0. The SMILES string of the molecule is CCC(C)(C)c1ccc(OC(C)C(=O)Nc2cc(O)c(NC(=O)Nc3ccc(C[N])cc3)cc2Oc2ccc(OC)cc2)c(C(C)(C)CC)c1. The number of carbonyl (C=O) groups excluding carboxylic acids is 2. The van der Waals surface area contributed by atoms with E-state index in [1.54, 1.807) is 62.6 Å². The van der Waals surface area contributed by atoms with Gasteiger partial charge in [0.25, 0.3) is 5.91 Å². The second-order valence-corrected chi connectivity index (χ2v) is 13.5. The van der Waals surface area contributed by atoms with Crippen molar-refractivity contribution >= 4 is 29.0 Å². The lowest BCUT2D eigenvalue weighted by Crippen LogP contribution is -2.31. The van der Waals surface area contributed by atoms with Crippen molar-refractivity contribution in [1.82, 2.24) is 5.73 Å². The van der Waals surface area contributed by atoms with Gasteiger partial charge in [0.15, 0.2) is 11.9 Å². The number of amides is 3. The van der Waals surface area contributed by atoms with Crippen LogP contribution < -0.4 is 35.9 Å². The molecule has 1 atom stereocenters. The first-order chi connectivity index (χ1) is 23.7. The Balaban J connectivity index is 1.60. The molecule has 0 heterocycles. The molecule has 0 aliphatic heterocycles. The number of urea groups is 1. The van der Waals surface area contributed by atoms with E-state index in [1.165, 1.54) is 17.7 Å². The molecule has 4 aromatic carbocycles. The fourth-order valence-electron chi connectivity index (χ4n) is 5.06. The molecule has 4 rings (SSSR count). The van der Waals surface area contributed by atoms with Gasteiger partial charge in [0.05, 0.1) is 25.0 Å². The minimum Gasteiger partial charge on any atom is -0.506 e. The molecule has 0 bridgehead atoms. The second-order valence-electron chi connectivity index (χ2n) is 13.5. The molecule has 0 aliphatic carbocycles. The molecule has 3 amide bonds. The predicted octanol–water partition coefficient (Wildman–Crippen LogP) is 9.19. The number of rotatable bonds is 14. The van der Waals surface area contributed by atoms with E-state index in [2.05, 4.69) is 69.6 Å². The van der Waals surface area contributed by atoms with Crippen molar-refractivity contribution in [2.75, 3.05) is 23.1 Å². The van der Waals surface area contributed by atoms with Crippen molar-refractivity contribution in [3.8, 4) is 28.7 Å². The van der Waals surface area contributed by atoms with E-state index in [9.17, 15) is 20.4 Å². The van der Waals surface area contributed by atoms with E-state index < -0.39 is 18.0 Å². The molecule has 10 nitrogen and oxygen atoms in total. The van der Waals surface area contributed by atoms with Gasteiger partial charge in [0.2, 0.25) is 0 Å². The first-order valence-corrected chi connectivity index (χ1v) is 16.8. The molecular formula is C40H48N4O6. The average Bonchev–Trinajstić information content (AvgIpc) is 3.10. The van der Waals surface area contributed by atoms with Crippen molar-refractivity contribution in [2.45, 2.75) is 84.8 Å². The maximum absolute atomic E-state index is 13.6. The first kappa shape index (κ1) is 37.6. The number of carbonyl (C=O) groups is 2. The van der Waals surface area contributed by atoms with E-state index in [-0.39, 0.29) is 40.2 Å². The zero-order valence-corrected chi connectivity index (χ0v) is 30.1. The molecule has 4 aromatic rings. The van der Waals surface area contributed by atoms with Crippen molar-refractivity contribution < 1.29 is 28.9 Å². The van der Waals surface area contributed by atoms with Crippen LogP contribution in [0.25, 0.3) is 0 Å². The van der Waals surface area contributed by atoms with Gasteiger partial charge in [-0.25, -0.2) is 4.79 Å². The molecular weight excluding hydrogens is 632 g/mol. The standard InChI is InChI=1S/C40H48N4O6/c1-9-39(4,5)27-13-20-35(31(21-27)40(6,7)10-2)49-25(3)37(46)43-33-22-34(45)32(23-36(33)50-30-18-16-29(48-8)17-19-30)44-38(47)42-28-14-11-26(24-41)12-15-28/h11-23,25,45H,9-10,24H2,1-8H3,(H,43,46)(H2,42,44,47). The van der Waals surface area contributed by atoms with E-state index >= 15 is 0 Å². The van der Waals surface area contributed by atoms with E-state index in [1.807, 2.05) is 6.07 Å². The van der Waals surface area contributed by atoms with Crippen LogP contribution in [-0.4, -0.2) is 30.3 Å². The molecule has 0 saturated carbocycles. The highest BCUT2D eigenvalue weighted by atomic mass is 16.5. The second kappa shape index (κ2) is 16.0. The number of anilines is 3. The van der Waals surface area contributed by atoms with E-state index in [4.69, 9.17) is 14.2 Å². The monoisotopic (exact) mass is 680 g/mol. The van der Waals surface area contributed by atoms with Crippen LogP contribution >= 0.6 is 0 Å². The summed E-state index contributed by atoms with van der Waals surface area (Å²) < 4.78 is 17.7. The Morgan fingerprint density at radius 1 is 0.780 bits per heavy atom. The molecule has 10 heteroatoms. The van der Waals surface area contributed by atoms with Crippen molar-refractivity contribution in [2.24, 2.45) is 0 Å². The molecule has 50 heavy (non-hydrogen) atoms. The number of nitrogens with zero attached hydrogens (tertiary/aromatic N) is 1. The van der Waals surface area contributed by atoms with Crippen LogP contribution in [0.2, 0.25) is 0 Å². The lowest BCUT2D eigenvalue weighted by Gasteiger charge is -2.31. The Hall–Kier alpha value is -5.22. The average molecular weight is 681 g/mol. The normalized spacial score (nSPS) is 12.1. The third-order valence-electron chi connectivity index (χ3n) is 9.22.